The van der Waals surface area contributed by atoms with E-state index in [1.807, 2.05) is 24.3 Å². The third kappa shape index (κ3) is 5.16. The predicted octanol–water partition coefficient (Wildman–Crippen LogP) is 3.72. The van der Waals surface area contributed by atoms with Crippen LogP contribution in [0.3, 0.4) is 0 Å². The molecule has 1 unspecified atom stereocenters. The van der Waals surface area contributed by atoms with Gasteiger partial charge in [0.1, 0.15) is 12.1 Å². The van der Waals surface area contributed by atoms with Gasteiger partial charge in [0.2, 0.25) is 0 Å². The number of benzene rings is 1. The minimum Gasteiger partial charge on any atom is -0.372 e. The van der Waals surface area contributed by atoms with Crippen LogP contribution in [0.4, 0.5) is 5.69 Å². The summed E-state index contributed by atoms with van der Waals surface area (Å²) in [4.78, 5) is 23.1. The second-order valence-corrected chi connectivity index (χ2v) is 5.27. The number of Topliss-reactive ketones (excluding diaryl/α,β-unsaturated/α-hetero) is 1. The van der Waals surface area contributed by atoms with Crippen LogP contribution >= 0.6 is 0 Å². The van der Waals surface area contributed by atoms with Crippen molar-refractivity contribution < 1.29 is 9.59 Å². The van der Waals surface area contributed by atoms with Gasteiger partial charge in [-0.15, -0.1) is 0 Å². The second kappa shape index (κ2) is 8.51. The summed E-state index contributed by atoms with van der Waals surface area (Å²) < 4.78 is 0. The summed E-state index contributed by atoms with van der Waals surface area (Å²) in [6, 6.07) is 7.66. The van der Waals surface area contributed by atoms with Crippen LogP contribution in [0.15, 0.2) is 24.3 Å². The molecule has 0 amide bonds. The number of hydrogen-bond acceptors (Lipinski definition) is 3. The molecular formula is C17H25NO2. The van der Waals surface area contributed by atoms with Crippen LogP contribution < -0.4 is 4.90 Å². The summed E-state index contributed by atoms with van der Waals surface area (Å²) in [5.74, 6) is 1.12. The Morgan fingerprint density at radius 1 is 1.20 bits per heavy atom. The van der Waals surface area contributed by atoms with Crippen molar-refractivity contribution >= 4 is 17.8 Å². The molecule has 1 aromatic rings. The fourth-order valence-electron chi connectivity index (χ4n) is 2.35. The highest BCUT2D eigenvalue weighted by molar-refractivity contribution is 5.80. The third-order valence-electron chi connectivity index (χ3n) is 3.65. The Balaban J connectivity index is 0.000000240. The average molecular weight is 275 g/mol. The van der Waals surface area contributed by atoms with Crippen molar-refractivity contribution in [3.05, 3.63) is 29.8 Å². The topological polar surface area (TPSA) is 37.4 Å². The molecule has 1 fully saturated rings. The first-order valence-electron chi connectivity index (χ1n) is 7.42. The smallest absolute Gasteiger partial charge is 0.150 e. The molecule has 0 aromatic heterocycles. The van der Waals surface area contributed by atoms with Gasteiger partial charge in [-0.25, -0.2) is 0 Å². The van der Waals surface area contributed by atoms with E-state index in [9.17, 15) is 9.59 Å². The number of aldehydes is 1. The van der Waals surface area contributed by atoms with Crippen molar-refractivity contribution in [2.24, 2.45) is 5.92 Å². The van der Waals surface area contributed by atoms with Gasteiger partial charge >= 0.3 is 0 Å². The zero-order chi connectivity index (χ0) is 15.0. The Bertz CT molecular complexity index is 421. The maximum atomic E-state index is 10.5. The number of hydrogen-bond donors (Lipinski definition) is 0. The molecule has 0 saturated heterocycles. The lowest BCUT2D eigenvalue weighted by atomic mass is 10.1. The number of rotatable bonds is 4. The van der Waals surface area contributed by atoms with Gasteiger partial charge in [0.05, 0.1) is 0 Å². The van der Waals surface area contributed by atoms with Crippen LogP contribution in [-0.2, 0) is 4.79 Å². The maximum absolute atomic E-state index is 10.5. The first-order valence-corrected chi connectivity index (χ1v) is 7.42. The maximum Gasteiger partial charge on any atom is 0.150 e. The Hall–Kier alpha value is -1.64. The molecule has 3 nitrogen and oxygen atoms in total. The van der Waals surface area contributed by atoms with Crippen molar-refractivity contribution in [3.63, 3.8) is 0 Å². The van der Waals surface area contributed by atoms with E-state index < -0.39 is 0 Å². The van der Waals surface area contributed by atoms with Crippen molar-refractivity contribution in [2.45, 2.75) is 40.0 Å². The SMILES string of the molecule is CC1CCC(=O)C1.CCN(CC)c1ccc(C=O)cc1. The fourth-order valence-corrected chi connectivity index (χ4v) is 2.35. The number of anilines is 1. The van der Waals surface area contributed by atoms with Gasteiger partial charge in [0, 0.05) is 37.2 Å². The lowest BCUT2D eigenvalue weighted by molar-refractivity contribution is -0.117. The van der Waals surface area contributed by atoms with E-state index in [4.69, 9.17) is 0 Å². The first kappa shape index (κ1) is 16.4. The Labute approximate surface area is 122 Å². The largest absolute Gasteiger partial charge is 0.372 e. The van der Waals surface area contributed by atoms with Crippen LogP contribution in [0, 0.1) is 5.92 Å². The molecule has 1 atom stereocenters. The molecule has 0 N–H and O–H groups in total. The van der Waals surface area contributed by atoms with E-state index in [-0.39, 0.29) is 0 Å². The second-order valence-electron chi connectivity index (χ2n) is 5.27. The minimum atomic E-state index is 0.451. The zero-order valence-corrected chi connectivity index (χ0v) is 12.8. The van der Waals surface area contributed by atoms with E-state index in [2.05, 4.69) is 25.7 Å². The summed E-state index contributed by atoms with van der Waals surface area (Å²) in [5.41, 5.74) is 1.91. The van der Waals surface area contributed by atoms with Gasteiger partial charge in [-0.3, -0.25) is 9.59 Å². The molecule has 20 heavy (non-hydrogen) atoms. The average Bonchev–Trinajstić information content (AvgIpc) is 2.85. The van der Waals surface area contributed by atoms with E-state index in [1.165, 1.54) is 5.69 Å². The van der Waals surface area contributed by atoms with E-state index >= 15 is 0 Å². The molecule has 2 rings (SSSR count). The highest BCUT2D eigenvalue weighted by Gasteiger charge is 2.16. The molecule has 1 saturated carbocycles. The van der Waals surface area contributed by atoms with Crippen LogP contribution in [0.2, 0.25) is 0 Å². The van der Waals surface area contributed by atoms with Crippen LogP contribution in [0.25, 0.3) is 0 Å². The molecule has 0 spiro atoms. The Morgan fingerprint density at radius 3 is 2.10 bits per heavy atom. The molecule has 1 aliphatic rings. The number of ketones is 1. The normalized spacial score (nSPS) is 17.4. The third-order valence-corrected chi connectivity index (χ3v) is 3.65. The molecule has 0 aliphatic heterocycles. The quantitative estimate of drug-likeness (QED) is 0.786. The van der Waals surface area contributed by atoms with E-state index in [1.54, 1.807) is 0 Å². The lowest BCUT2D eigenvalue weighted by Crippen LogP contribution is -2.21. The van der Waals surface area contributed by atoms with Gasteiger partial charge in [0.25, 0.3) is 0 Å². The predicted molar refractivity (Wildman–Crippen MR) is 83.4 cm³/mol. The Kier molecular flexibility index (Phi) is 6.99. The summed E-state index contributed by atoms with van der Waals surface area (Å²) in [6.07, 6.45) is 3.66. The van der Waals surface area contributed by atoms with Crippen molar-refractivity contribution in [1.82, 2.24) is 0 Å². The van der Waals surface area contributed by atoms with E-state index in [0.717, 1.165) is 44.2 Å². The highest BCUT2D eigenvalue weighted by Crippen LogP contribution is 2.19. The van der Waals surface area contributed by atoms with Gasteiger partial charge in [-0.05, 0) is 50.5 Å². The van der Waals surface area contributed by atoms with Crippen molar-refractivity contribution in [1.29, 1.82) is 0 Å². The van der Waals surface area contributed by atoms with Gasteiger partial charge < -0.3 is 4.90 Å². The van der Waals surface area contributed by atoms with Crippen LogP contribution in [0.1, 0.15) is 50.4 Å². The number of nitrogens with zero attached hydrogens (tertiary/aromatic N) is 1. The van der Waals surface area contributed by atoms with Crippen molar-refractivity contribution in [3.8, 4) is 0 Å². The molecule has 1 aliphatic carbocycles. The van der Waals surface area contributed by atoms with Gasteiger partial charge in [-0.2, -0.15) is 0 Å². The Morgan fingerprint density at radius 2 is 1.80 bits per heavy atom. The minimum absolute atomic E-state index is 0.451. The summed E-state index contributed by atoms with van der Waals surface area (Å²) in [6.45, 7) is 8.37. The van der Waals surface area contributed by atoms with Crippen molar-refractivity contribution in [2.75, 3.05) is 18.0 Å². The molecule has 0 heterocycles. The lowest BCUT2D eigenvalue weighted by Gasteiger charge is -2.20. The number of carbonyl (C=O) groups excluding carboxylic acids is 2. The molecule has 3 heteroatoms. The summed E-state index contributed by atoms with van der Waals surface area (Å²) >= 11 is 0. The summed E-state index contributed by atoms with van der Waals surface area (Å²) in [5, 5.41) is 0. The fraction of sp³-hybridized carbons (Fsp3) is 0.529. The van der Waals surface area contributed by atoms with Gasteiger partial charge in [0.15, 0.2) is 0 Å². The van der Waals surface area contributed by atoms with Gasteiger partial charge in [-0.1, -0.05) is 6.92 Å². The monoisotopic (exact) mass is 275 g/mol. The molecule has 110 valence electrons. The number of carbonyl (C=O) groups is 2. The van der Waals surface area contributed by atoms with Crippen LogP contribution in [0.5, 0.6) is 0 Å². The molecule has 0 bridgehead atoms. The first-order chi connectivity index (χ1) is 9.60. The van der Waals surface area contributed by atoms with E-state index in [0.29, 0.717) is 11.7 Å². The van der Waals surface area contributed by atoms with Crippen LogP contribution in [-0.4, -0.2) is 25.2 Å². The summed E-state index contributed by atoms with van der Waals surface area (Å²) in [7, 11) is 0. The molecular weight excluding hydrogens is 250 g/mol. The molecule has 1 aromatic carbocycles. The standard InChI is InChI=1S/C11H15NO.C6H10O/c1-3-12(4-2)11-7-5-10(9-13)6-8-11;1-5-2-3-6(7)4-5/h5-9H,3-4H2,1-2H3;5H,2-4H2,1H3. The molecule has 0 radical (unpaired) electrons. The zero-order valence-electron chi connectivity index (χ0n) is 12.8. The highest BCUT2D eigenvalue weighted by atomic mass is 16.1.